The average molecular weight is 139 g/mol. The molecule has 0 rings (SSSR count). The molecule has 0 radical (unpaired) electrons. The van der Waals surface area contributed by atoms with Crippen molar-refractivity contribution in [1.82, 2.24) is 6.15 Å². The molecule has 6 heteroatoms. The van der Waals surface area contributed by atoms with E-state index in [-0.39, 0.29) is 57.5 Å². The molecule has 0 aromatic rings. The van der Waals surface area contributed by atoms with Crippen LogP contribution in [0.15, 0.2) is 0 Å². The maximum atomic E-state index is 8.67. The maximum absolute atomic E-state index is 8.67. The Bertz CT molecular complexity index is 33.8. The fourth-order valence-corrected chi connectivity index (χ4v) is 0. The van der Waals surface area contributed by atoms with E-state index in [1.165, 1.54) is 0 Å². The van der Waals surface area contributed by atoms with Crippen LogP contribution >= 0.6 is 0 Å². The van der Waals surface area contributed by atoms with E-state index in [1.54, 1.807) is 0 Å². The van der Waals surface area contributed by atoms with Crippen LogP contribution in [0.5, 0.6) is 0 Å². The number of hydrogen-bond acceptors (Lipinski definition) is 2. The van der Waals surface area contributed by atoms with E-state index in [0.29, 0.717) is 0 Å². The predicted molar refractivity (Wildman–Crippen MR) is 25.6 cm³/mol. The molecule has 0 amide bonds. The van der Waals surface area contributed by atoms with Crippen LogP contribution in [0, 0.1) is 0 Å². The monoisotopic (exact) mass is 139 g/mol. The summed E-state index contributed by atoms with van der Waals surface area (Å²) in [5.74, 6) is 0. The summed E-state index contributed by atoms with van der Waals surface area (Å²) in [6.07, 6.45) is 0. The Morgan fingerprint density at radius 2 is 1.33 bits per heavy atom. The van der Waals surface area contributed by atoms with E-state index in [0.717, 1.165) is 0 Å². The zero-order valence-electron chi connectivity index (χ0n) is 2.42. The van der Waals surface area contributed by atoms with Crippen molar-refractivity contribution < 1.29 is 13.3 Å². The van der Waals surface area contributed by atoms with Crippen molar-refractivity contribution in [3.63, 3.8) is 0 Å². The van der Waals surface area contributed by atoms with E-state index in [2.05, 4.69) is 0 Å². The summed E-state index contributed by atoms with van der Waals surface area (Å²) in [6.45, 7) is 0. The van der Waals surface area contributed by atoms with Gasteiger partial charge in [0.15, 0.2) is 0 Å². The van der Waals surface area contributed by atoms with Gasteiger partial charge in [0, 0.05) is 0 Å². The molecule has 5 N–H and O–H groups in total. The summed E-state index contributed by atoms with van der Waals surface area (Å²) in [5, 5.41) is 0. The zero-order chi connectivity index (χ0) is 3.58. The Morgan fingerprint density at radius 3 is 1.33 bits per heavy atom. The second-order valence-corrected chi connectivity index (χ2v) is 0.692. The summed E-state index contributed by atoms with van der Waals surface area (Å²) < 4.78 is 22.8. The molecule has 0 saturated heterocycles. The molecule has 0 unspecified atom stereocenters. The molecule has 0 saturated carbocycles. The van der Waals surface area contributed by atoms with Gasteiger partial charge < -0.3 is 6.15 Å². The second-order valence-electron chi connectivity index (χ2n) is 0.231. The molecule has 0 aliphatic rings. The molecule has 36 valence electrons. The van der Waals surface area contributed by atoms with Crippen molar-refractivity contribution in [2.24, 2.45) is 0 Å². The van der Waals surface area contributed by atoms with Crippen LogP contribution in [0.25, 0.3) is 0 Å². The Balaban J connectivity index is -0.0000000450. The van der Waals surface area contributed by atoms with Crippen LogP contribution in [-0.2, 0) is 11.4 Å². The molecule has 0 aromatic heterocycles. The van der Waals surface area contributed by atoms with E-state index >= 15 is 0 Å². The van der Waals surface area contributed by atoms with Crippen LogP contribution in [0.4, 0.5) is 0 Å². The molecule has 0 fully saturated rings. The Labute approximate surface area is 80.8 Å². The molecular weight excluding hydrogens is 133 g/mol. The van der Waals surface area contributed by atoms with Crippen molar-refractivity contribution in [3.8, 4) is 0 Å². The normalized spacial score (nSPS) is 5.83. The first-order chi connectivity index (χ1) is 1.73. The minimum atomic E-state index is -2.61. The van der Waals surface area contributed by atoms with Gasteiger partial charge >= 0.3 is 51.4 Å². The Hall–Kier alpha value is 1.67. The molecular formula is H6KNO3S. The van der Waals surface area contributed by atoms with Gasteiger partial charge in [-0.05, 0) is 0 Å². The number of hydrogen-bond donors (Lipinski definition) is 3. The van der Waals surface area contributed by atoms with E-state index < -0.39 is 11.4 Å². The first-order valence-electron chi connectivity index (χ1n) is 0.532. The Morgan fingerprint density at radius 1 is 1.33 bits per heavy atom. The molecule has 4 nitrogen and oxygen atoms in total. The summed E-state index contributed by atoms with van der Waals surface area (Å²) in [6, 6.07) is 0. The summed E-state index contributed by atoms with van der Waals surface area (Å²) in [7, 11) is 0. The third-order valence-electron chi connectivity index (χ3n) is 0. The molecule has 0 atom stereocenters. The second kappa shape index (κ2) is 9.83. The molecule has 0 heterocycles. The number of rotatable bonds is 0. The van der Waals surface area contributed by atoms with Crippen molar-refractivity contribution in [2.45, 2.75) is 0 Å². The molecule has 0 spiro atoms. The van der Waals surface area contributed by atoms with Crippen LogP contribution in [0.3, 0.4) is 0 Å². The van der Waals surface area contributed by atoms with Gasteiger partial charge in [-0.1, -0.05) is 0 Å². The fraction of sp³-hybridized carbons (Fsp3) is 0. The quantitative estimate of drug-likeness (QED) is 0.302. The SMILES string of the molecule is N.O=S(O)O.[KH]. The van der Waals surface area contributed by atoms with Crippen LogP contribution < -0.4 is 6.15 Å². The van der Waals surface area contributed by atoms with E-state index in [4.69, 9.17) is 13.3 Å². The summed E-state index contributed by atoms with van der Waals surface area (Å²) in [4.78, 5) is 0. The first-order valence-corrected chi connectivity index (χ1v) is 1.60. The van der Waals surface area contributed by atoms with Crippen molar-refractivity contribution in [2.75, 3.05) is 0 Å². The van der Waals surface area contributed by atoms with E-state index in [9.17, 15) is 0 Å². The van der Waals surface area contributed by atoms with Gasteiger partial charge in [-0.3, -0.25) is 9.11 Å². The van der Waals surface area contributed by atoms with Gasteiger partial charge in [-0.25, -0.2) is 0 Å². The Kier molecular flexibility index (Phi) is 25.6. The van der Waals surface area contributed by atoms with Gasteiger partial charge in [0.1, 0.15) is 0 Å². The topological polar surface area (TPSA) is 92.5 Å². The van der Waals surface area contributed by atoms with Crippen molar-refractivity contribution in [3.05, 3.63) is 0 Å². The van der Waals surface area contributed by atoms with Crippen molar-refractivity contribution >= 4 is 62.7 Å². The fourth-order valence-electron chi connectivity index (χ4n) is 0. The third kappa shape index (κ3) is 44.4. The average Bonchev–Trinajstić information content (AvgIpc) is 0.811. The third-order valence-corrected chi connectivity index (χ3v) is 0. The van der Waals surface area contributed by atoms with Crippen molar-refractivity contribution in [1.29, 1.82) is 0 Å². The van der Waals surface area contributed by atoms with Gasteiger partial charge in [0.25, 0.3) is 11.4 Å². The molecule has 0 aliphatic heterocycles. The molecule has 0 bridgehead atoms. The molecule has 6 heavy (non-hydrogen) atoms. The predicted octanol–water partition coefficient (Wildman–Crippen LogP) is -0.805. The van der Waals surface area contributed by atoms with Gasteiger partial charge in [-0.15, -0.1) is 0 Å². The van der Waals surface area contributed by atoms with Gasteiger partial charge in [0.05, 0.1) is 0 Å². The summed E-state index contributed by atoms with van der Waals surface area (Å²) in [5.41, 5.74) is 0. The van der Waals surface area contributed by atoms with Crippen LogP contribution in [-0.4, -0.2) is 64.7 Å². The first kappa shape index (κ1) is 15.6. The standard InChI is InChI=1S/K.H3N.H2O3S.H/c;;1-4(2)3;/h;1H3;(H2,1,2,3);. The van der Waals surface area contributed by atoms with E-state index in [1.807, 2.05) is 0 Å². The molecule has 0 aromatic carbocycles. The van der Waals surface area contributed by atoms with Crippen LogP contribution in [0.1, 0.15) is 0 Å². The van der Waals surface area contributed by atoms with Crippen LogP contribution in [0.2, 0.25) is 0 Å². The van der Waals surface area contributed by atoms with Gasteiger partial charge in [-0.2, -0.15) is 4.21 Å². The zero-order valence-corrected chi connectivity index (χ0v) is 3.23. The van der Waals surface area contributed by atoms with Gasteiger partial charge in [0.2, 0.25) is 0 Å². The summed E-state index contributed by atoms with van der Waals surface area (Å²) >= 11 is -2.61. The minimum absolute atomic E-state index is 0. The molecule has 0 aliphatic carbocycles.